The zero-order valence-electron chi connectivity index (χ0n) is 9.99. The normalized spacial score (nSPS) is 13.6. The fraction of sp³-hybridized carbons (Fsp3) is 0.455. The molecule has 1 aromatic carbocycles. The molecule has 0 bridgehead atoms. The first-order valence-corrected chi connectivity index (χ1v) is 7.06. The second kappa shape index (κ2) is 6.21. The topological polar surface area (TPSA) is 72.2 Å². The highest BCUT2D eigenvalue weighted by molar-refractivity contribution is 7.89. The molecular formula is C11H16F2N2O2S. The van der Waals surface area contributed by atoms with Crippen molar-refractivity contribution >= 4 is 10.0 Å². The van der Waals surface area contributed by atoms with Crippen molar-refractivity contribution in [1.29, 1.82) is 0 Å². The molecule has 0 aliphatic rings. The third kappa shape index (κ3) is 3.72. The Morgan fingerprint density at radius 1 is 1.39 bits per heavy atom. The van der Waals surface area contributed by atoms with Crippen LogP contribution in [0.2, 0.25) is 0 Å². The maximum atomic E-state index is 13.3. The molecule has 7 heteroatoms. The number of hydrogen-bond donors (Lipinski definition) is 2. The van der Waals surface area contributed by atoms with E-state index in [1.165, 1.54) is 0 Å². The van der Waals surface area contributed by atoms with Crippen molar-refractivity contribution in [2.45, 2.75) is 30.7 Å². The standard InChI is InChI=1S/C11H16F2N2O2S/c1-2-4-8(14)7-15-18(16,17)10-6-3-5-9(12)11(10)13/h3,5-6,8,15H,2,4,7,14H2,1H3/t8-/m0/s1. The van der Waals surface area contributed by atoms with Crippen LogP contribution in [0.4, 0.5) is 8.78 Å². The second-order valence-electron chi connectivity index (χ2n) is 3.95. The molecule has 0 radical (unpaired) electrons. The van der Waals surface area contributed by atoms with Crippen LogP contribution in [0.15, 0.2) is 23.1 Å². The predicted molar refractivity (Wildman–Crippen MR) is 64.4 cm³/mol. The van der Waals surface area contributed by atoms with Crippen LogP contribution in [0.25, 0.3) is 0 Å². The lowest BCUT2D eigenvalue weighted by atomic mass is 10.2. The first kappa shape index (κ1) is 15.0. The Morgan fingerprint density at radius 3 is 2.67 bits per heavy atom. The van der Waals surface area contributed by atoms with Gasteiger partial charge in [-0.3, -0.25) is 0 Å². The average Bonchev–Trinajstić information content (AvgIpc) is 2.30. The first-order chi connectivity index (χ1) is 8.38. The molecular weight excluding hydrogens is 262 g/mol. The molecule has 0 heterocycles. The van der Waals surface area contributed by atoms with Crippen LogP contribution < -0.4 is 10.5 Å². The van der Waals surface area contributed by atoms with Gasteiger partial charge in [0.15, 0.2) is 11.6 Å². The molecule has 0 aliphatic heterocycles. The Bertz CT molecular complexity index is 506. The summed E-state index contributed by atoms with van der Waals surface area (Å²) in [5, 5.41) is 0. The van der Waals surface area contributed by atoms with Gasteiger partial charge in [0.1, 0.15) is 4.90 Å². The van der Waals surface area contributed by atoms with E-state index in [1.54, 1.807) is 0 Å². The Labute approximate surface area is 105 Å². The van der Waals surface area contributed by atoms with Gasteiger partial charge >= 0.3 is 0 Å². The van der Waals surface area contributed by atoms with E-state index in [2.05, 4.69) is 4.72 Å². The summed E-state index contributed by atoms with van der Waals surface area (Å²) in [6.45, 7) is 1.91. The van der Waals surface area contributed by atoms with E-state index in [0.29, 0.717) is 6.42 Å². The number of rotatable bonds is 6. The monoisotopic (exact) mass is 278 g/mol. The van der Waals surface area contributed by atoms with E-state index in [4.69, 9.17) is 5.73 Å². The van der Waals surface area contributed by atoms with Crippen LogP contribution in [0.1, 0.15) is 19.8 Å². The average molecular weight is 278 g/mol. The molecule has 0 aromatic heterocycles. The molecule has 0 spiro atoms. The van der Waals surface area contributed by atoms with Gasteiger partial charge in [-0.25, -0.2) is 21.9 Å². The Kier molecular flexibility index (Phi) is 5.18. The summed E-state index contributed by atoms with van der Waals surface area (Å²) in [5.41, 5.74) is 5.64. The first-order valence-electron chi connectivity index (χ1n) is 5.57. The van der Waals surface area contributed by atoms with Gasteiger partial charge in [-0.1, -0.05) is 19.4 Å². The van der Waals surface area contributed by atoms with Gasteiger partial charge in [-0.05, 0) is 18.6 Å². The van der Waals surface area contributed by atoms with Crippen LogP contribution in [0.3, 0.4) is 0 Å². The minimum atomic E-state index is -4.07. The third-order valence-corrected chi connectivity index (χ3v) is 3.84. The molecule has 3 N–H and O–H groups in total. The largest absolute Gasteiger partial charge is 0.327 e. The van der Waals surface area contributed by atoms with Crippen molar-refractivity contribution in [3.05, 3.63) is 29.8 Å². The van der Waals surface area contributed by atoms with Gasteiger partial charge in [-0.15, -0.1) is 0 Å². The minimum absolute atomic E-state index is 0.00781. The highest BCUT2D eigenvalue weighted by atomic mass is 32.2. The zero-order valence-corrected chi connectivity index (χ0v) is 10.8. The van der Waals surface area contributed by atoms with Crippen LogP contribution >= 0.6 is 0 Å². The maximum absolute atomic E-state index is 13.3. The molecule has 0 saturated heterocycles. The highest BCUT2D eigenvalue weighted by Gasteiger charge is 2.21. The Balaban J connectivity index is 2.84. The van der Waals surface area contributed by atoms with Gasteiger partial charge in [0.2, 0.25) is 10.0 Å². The highest BCUT2D eigenvalue weighted by Crippen LogP contribution is 2.16. The molecule has 4 nitrogen and oxygen atoms in total. The fourth-order valence-corrected chi connectivity index (χ4v) is 2.64. The van der Waals surface area contributed by atoms with Crippen molar-refractivity contribution in [2.75, 3.05) is 6.54 Å². The van der Waals surface area contributed by atoms with Crippen molar-refractivity contribution in [2.24, 2.45) is 5.73 Å². The summed E-state index contributed by atoms with van der Waals surface area (Å²) in [4.78, 5) is -0.703. The lowest BCUT2D eigenvalue weighted by Gasteiger charge is -2.12. The van der Waals surface area contributed by atoms with Gasteiger partial charge in [0.25, 0.3) is 0 Å². The summed E-state index contributed by atoms with van der Waals surface area (Å²) in [7, 11) is -4.07. The smallest absolute Gasteiger partial charge is 0.243 e. The summed E-state index contributed by atoms with van der Waals surface area (Å²) in [6, 6.07) is 2.66. The summed E-state index contributed by atoms with van der Waals surface area (Å²) >= 11 is 0. The number of benzene rings is 1. The SMILES string of the molecule is CCC[C@H](N)CNS(=O)(=O)c1cccc(F)c1F. The molecule has 1 rings (SSSR count). The second-order valence-corrected chi connectivity index (χ2v) is 5.69. The molecule has 1 aromatic rings. The summed E-state index contributed by atoms with van der Waals surface area (Å²) < 4.78 is 51.9. The van der Waals surface area contributed by atoms with E-state index in [1.807, 2.05) is 6.92 Å². The molecule has 0 fully saturated rings. The van der Waals surface area contributed by atoms with E-state index >= 15 is 0 Å². The van der Waals surface area contributed by atoms with Crippen LogP contribution in [0.5, 0.6) is 0 Å². The van der Waals surface area contributed by atoms with E-state index in [0.717, 1.165) is 24.6 Å². The molecule has 102 valence electrons. The van der Waals surface area contributed by atoms with Crippen molar-refractivity contribution < 1.29 is 17.2 Å². The molecule has 0 amide bonds. The zero-order chi connectivity index (χ0) is 13.8. The van der Waals surface area contributed by atoms with Gasteiger partial charge in [0.05, 0.1) is 0 Å². The van der Waals surface area contributed by atoms with E-state index in [-0.39, 0.29) is 12.6 Å². The van der Waals surface area contributed by atoms with Gasteiger partial charge < -0.3 is 5.73 Å². The molecule has 18 heavy (non-hydrogen) atoms. The van der Waals surface area contributed by atoms with Crippen molar-refractivity contribution in [1.82, 2.24) is 4.72 Å². The van der Waals surface area contributed by atoms with Crippen LogP contribution in [0, 0.1) is 11.6 Å². The minimum Gasteiger partial charge on any atom is -0.327 e. The van der Waals surface area contributed by atoms with Crippen LogP contribution in [-0.4, -0.2) is 21.0 Å². The van der Waals surface area contributed by atoms with Gasteiger partial charge in [-0.2, -0.15) is 0 Å². The quantitative estimate of drug-likeness (QED) is 0.825. The Morgan fingerprint density at radius 2 is 2.06 bits per heavy atom. The van der Waals surface area contributed by atoms with E-state index in [9.17, 15) is 17.2 Å². The lowest BCUT2D eigenvalue weighted by Crippen LogP contribution is -2.37. The fourth-order valence-electron chi connectivity index (χ4n) is 1.46. The van der Waals surface area contributed by atoms with Crippen molar-refractivity contribution in [3.8, 4) is 0 Å². The maximum Gasteiger partial charge on any atom is 0.243 e. The Hall–Kier alpha value is -1.05. The number of halogens is 2. The number of nitrogens with one attached hydrogen (secondary N) is 1. The predicted octanol–water partition coefficient (Wildman–Crippen LogP) is 1.37. The lowest BCUT2D eigenvalue weighted by molar-refractivity contribution is 0.482. The third-order valence-electron chi connectivity index (χ3n) is 2.40. The molecule has 0 saturated carbocycles. The molecule has 0 aliphatic carbocycles. The molecule has 0 unspecified atom stereocenters. The molecule has 1 atom stereocenters. The van der Waals surface area contributed by atoms with Crippen LogP contribution in [-0.2, 0) is 10.0 Å². The van der Waals surface area contributed by atoms with E-state index < -0.39 is 26.6 Å². The van der Waals surface area contributed by atoms with Gasteiger partial charge in [0, 0.05) is 12.6 Å². The van der Waals surface area contributed by atoms with Crippen molar-refractivity contribution in [3.63, 3.8) is 0 Å². The summed E-state index contributed by atoms with van der Waals surface area (Å²) in [5.74, 6) is -2.58. The number of nitrogens with two attached hydrogens (primary N) is 1. The number of hydrogen-bond acceptors (Lipinski definition) is 3. The number of sulfonamides is 1. The summed E-state index contributed by atoms with van der Waals surface area (Å²) in [6.07, 6.45) is 1.46.